The Hall–Kier alpha value is -8.33. The number of carbonyl (C=O) groups is 4. The van der Waals surface area contributed by atoms with Crippen LogP contribution in [0.25, 0.3) is 0 Å². The van der Waals surface area contributed by atoms with Crippen molar-refractivity contribution >= 4 is 69.4 Å². The lowest BCUT2D eigenvalue weighted by molar-refractivity contribution is -0.154. The van der Waals surface area contributed by atoms with E-state index in [-0.39, 0.29) is 28.0 Å². The number of aromatic nitrogens is 4. The number of hydrogen-bond acceptors (Lipinski definition) is 15. The number of esters is 1. The number of thiazole rings is 1. The summed E-state index contributed by atoms with van der Waals surface area (Å²) in [7, 11) is 4.34. The molecule has 20 heteroatoms. The summed E-state index contributed by atoms with van der Waals surface area (Å²) in [5, 5.41) is 19.7. The molecule has 5 aromatic carbocycles. The number of nitrogens with one attached hydrogen (secondary N) is 3. The number of allylic oxidation sites excluding steroid dienone is 1. The largest absolute Gasteiger partial charge is 0.448 e. The number of nitrogens with zero attached hydrogens (tertiary/aromatic N) is 6. The number of ether oxygens (including phenoxy) is 1. The number of thioether (sulfide) groups is 2. The zero-order valence-corrected chi connectivity index (χ0v) is 42.4. The number of likely N-dealkylation sites (N-methyl/N-ethyl adjacent to an activating group) is 1. The molecule has 1 fully saturated rings. The predicted octanol–water partition coefficient (Wildman–Crippen LogP) is 6.52. The monoisotopic (exact) mass is 1050 g/mol. The fourth-order valence-electron chi connectivity index (χ4n) is 8.49. The van der Waals surface area contributed by atoms with Crippen LogP contribution in [-0.4, -0.2) is 97.3 Å². The Morgan fingerprint density at radius 3 is 1.95 bits per heavy atom. The summed E-state index contributed by atoms with van der Waals surface area (Å²) in [6.45, 7) is -0.443. The first-order valence-electron chi connectivity index (χ1n) is 23.0. The van der Waals surface area contributed by atoms with Crippen LogP contribution in [0.2, 0.25) is 0 Å². The summed E-state index contributed by atoms with van der Waals surface area (Å²) in [5.41, 5.74) is 1.67. The van der Waals surface area contributed by atoms with Gasteiger partial charge in [-0.3, -0.25) is 33.4 Å². The van der Waals surface area contributed by atoms with Crippen molar-refractivity contribution in [2.24, 2.45) is 5.16 Å². The lowest BCUT2D eigenvalue weighted by Gasteiger charge is -2.49. The second-order valence-electron chi connectivity index (χ2n) is 16.9. The van der Waals surface area contributed by atoms with Gasteiger partial charge >= 0.3 is 17.1 Å². The number of benzene rings is 5. The average molecular weight is 1050 g/mol. The number of β-lactam (4-membered cyclic amide) rings is 1. The zero-order chi connectivity index (χ0) is 51.8. The van der Waals surface area contributed by atoms with E-state index in [1.165, 1.54) is 59.5 Å². The molecule has 74 heavy (non-hydrogen) atoms. The molecule has 2 aromatic heterocycles. The molecule has 0 aliphatic carbocycles. The van der Waals surface area contributed by atoms with Crippen LogP contribution in [0.1, 0.15) is 39.6 Å². The van der Waals surface area contributed by atoms with Gasteiger partial charge in [-0.2, -0.15) is 0 Å². The van der Waals surface area contributed by atoms with Gasteiger partial charge in [0.05, 0.1) is 0 Å². The quantitative estimate of drug-likeness (QED) is 0.0159. The molecule has 0 spiro atoms. The molecular formula is C54H47N9O8S3. The van der Waals surface area contributed by atoms with E-state index >= 15 is 0 Å². The number of anilines is 1. The molecule has 9 rings (SSSR count). The Morgan fingerprint density at radius 1 is 0.851 bits per heavy atom. The number of carbonyl (C=O) groups excluding carboxylic acids is 4. The number of amides is 3. The minimum Gasteiger partial charge on any atom is -0.448 e. The first kappa shape index (κ1) is 50.6. The summed E-state index contributed by atoms with van der Waals surface area (Å²) in [6, 6.07) is 47.2. The normalized spacial score (nSPS) is 15.6. The van der Waals surface area contributed by atoms with Crippen LogP contribution in [0.5, 0.6) is 0 Å². The maximum Gasteiger partial charge on any atom is 0.356 e. The number of fused-ring (bicyclic) bond motifs is 1. The number of hydrogen-bond donors (Lipinski definition) is 3. The summed E-state index contributed by atoms with van der Waals surface area (Å²) in [5.74, 6) is -2.42. The van der Waals surface area contributed by atoms with E-state index in [0.717, 1.165) is 33.0 Å². The maximum absolute atomic E-state index is 14.7. The van der Waals surface area contributed by atoms with Crippen molar-refractivity contribution in [2.45, 2.75) is 34.8 Å². The topological polar surface area (TPSA) is 210 Å². The third-order valence-corrected chi connectivity index (χ3v) is 15.0. The van der Waals surface area contributed by atoms with Gasteiger partial charge in [-0.1, -0.05) is 169 Å². The molecule has 3 amide bonds. The van der Waals surface area contributed by atoms with E-state index < -0.39 is 64.4 Å². The van der Waals surface area contributed by atoms with Crippen molar-refractivity contribution in [1.82, 2.24) is 34.9 Å². The van der Waals surface area contributed by atoms with Gasteiger partial charge in [0.1, 0.15) is 42.0 Å². The molecule has 2 unspecified atom stereocenters. The lowest BCUT2D eigenvalue weighted by atomic mass is 9.77. The highest BCUT2D eigenvalue weighted by molar-refractivity contribution is 8.02. The SMILES string of the molecule is CO/N=C(/C(=O)NC1C(=O)N2C(C(=O)OC(c3ccccc3)c3ccccc3)=C(/C=C/Sc3n[nH]c(=O)c(=O)n3CC(=O)N(C)C)CSC12)c1csc(NC(c2ccccc2)(c2ccccc2)c2ccccc2)n1. The van der Waals surface area contributed by atoms with Gasteiger partial charge in [0, 0.05) is 25.2 Å². The van der Waals surface area contributed by atoms with Crippen LogP contribution in [0, 0.1) is 0 Å². The molecule has 4 heterocycles. The second kappa shape index (κ2) is 22.6. The Kier molecular flexibility index (Phi) is 15.5. The van der Waals surface area contributed by atoms with Gasteiger partial charge in [0.15, 0.2) is 22.1 Å². The van der Waals surface area contributed by atoms with E-state index in [0.29, 0.717) is 21.8 Å². The van der Waals surface area contributed by atoms with E-state index in [9.17, 15) is 28.8 Å². The fourth-order valence-corrected chi connectivity index (χ4v) is 11.3. The first-order chi connectivity index (χ1) is 36.0. The van der Waals surface area contributed by atoms with Crippen molar-refractivity contribution in [1.29, 1.82) is 0 Å². The molecule has 2 aliphatic heterocycles. The lowest BCUT2D eigenvalue weighted by Crippen LogP contribution is -2.71. The molecule has 7 aromatic rings. The van der Waals surface area contributed by atoms with Crippen LogP contribution in [0.15, 0.2) is 200 Å². The molecule has 1 saturated heterocycles. The van der Waals surface area contributed by atoms with Gasteiger partial charge in [-0.05, 0) is 44.9 Å². The molecule has 0 bridgehead atoms. The predicted molar refractivity (Wildman–Crippen MR) is 284 cm³/mol. The number of oxime groups is 1. The van der Waals surface area contributed by atoms with Crippen molar-refractivity contribution < 1.29 is 28.8 Å². The zero-order valence-electron chi connectivity index (χ0n) is 40.0. The molecule has 0 radical (unpaired) electrons. The third-order valence-electron chi connectivity index (χ3n) is 12.1. The standard InChI is InChI=1S/C54H47N9O8S3/c1-61(2)41(64)31-62-49(68)47(66)58-59-53(62)72-30-29-36-32-73-50-43(48(67)63(50)44(36)51(69)71-45(34-19-9-4-10-20-34)35-21-11-5-12-22-35)56-46(65)42(60-70-3)40-33-74-52(55-40)57-54(37-23-13-6-14-24-37,38-25-15-7-16-26-38)39-27-17-8-18-28-39/h4-30,33,43,45,50H,31-32H2,1-3H3,(H,55,57)(H,56,65)(H,58,66)/b30-29+,60-42+. The fraction of sp³-hybridized carbons (Fsp3) is 0.167. The van der Waals surface area contributed by atoms with Crippen LogP contribution in [-0.2, 0) is 40.8 Å². The molecular weight excluding hydrogens is 999 g/mol. The number of aromatic amines is 1. The van der Waals surface area contributed by atoms with Crippen molar-refractivity contribution in [3.05, 3.63) is 234 Å². The van der Waals surface area contributed by atoms with Crippen LogP contribution in [0.3, 0.4) is 0 Å². The Bertz CT molecular complexity index is 3250. The molecule has 0 saturated carbocycles. The minimum absolute atomic E-state index is 0.00239. The molecule has 2 aliphatic rings. The van der Waals surface area contributed by atoms with Gasteiger partial charge in [0.25, 0.3) is 11.8 Å². The molecule has 3 N–H and O–H groups in total. The summed E-state index contributed by atoms with van der Waals surface area (Å²) in [4.78, 5) is 94.0. The molecule has 374 valence electrons. The first-order valence-corrected chi connectivity index (χ1v) is 25.8. The smallest absolute Gasteiger partial charge is 0.356 e. The van der Waals surface area contributed by atoms with E-state index in [2.05, 4.69) is 26.0 Å². The maximum atomic E-state index is 14.7. The van der Waals surface area contributed by atoms with E-state index in [4.69, 9.17) is 14.6 Å². The third kappa shape index (κ3) is 10.5. The van der Waals surface area contributed by atoms with Gasteiger partial charge in [0.2, 0.25) is 5.91 Å². The summed E-state index contributed by atoms with van der Waals surface area (Å²) < 4.78 is 7.28. The van der Waals surface area contributed by atoms with Crippen molar-refractivity contribution in [2.75, 3.05) is 32.3 Å². The molecule has 17 nitrogen and oxygen atoms in total. The molecule has 2 atom stereocenters. The number of rotatable bonds is 18. The van der Waals surface area contributed by atoms with Crippen LogP contribution < -0.4 is 21.8 Å². The van der Waals surface area contributed by atoms with Crippen LogP contribution in [0.4, 0.5) is 5.13 Å². The average Bonchev–Trinajstić information content (AvgIpc) is 3.90. The minimum atomic E-state index is -1.11. The summed E-state index contributed by atoms with van der Waals surface area (Å²) in [6.07, 6.45) is 0.715. The van der Waals surface area contributed by atoms with Crippen molar-refractivity contribution in [3.8, 4) is 0 Å². The van der Waals surface area contributed by atoms with E-state index in [1.54, 1.807) is 11.5 Å². The number of H-pyrrole nitrogens is 1. The Balaban J connectivity index is 1.01. The highest BCUT2D eigenvalue weighted by Crippen LogP contribution is 2.43. The van der Waals surface area contributed by atoms with E-state index in [1.807, 2.05) is 152 Å². The summed E-state index contributed by atoms with van der Waals surface area (Å²) >= 11 is 3.48. The highest BCUT2D eigenvalue weighted by atomic mass is 32.2. The Morgan fingerprint density at radius 2 is 1.41 bits per heavy atom. The van der Waals surface area contributed by atoms with Crippen molar-refractivity contribution in [3.63, 3.8) is 0 Å². The van der Waals surface area contributed by atoms with Gasteiger partial charge in [-0.15, -0.1) is 28.2 Å². The van der Waals surface area contributed by atoms with Crippen LogP contribution >= 0.6 is 34.9 Å². The second-order valence-corrected chi connectivity index (χ2v) is 19.7. The van der Waals surface area contributed by atoms with Gasteiger partial charge < -0.3 is 25.1 Å². The van der Waals surface area contributed by atoms with Gasteiger partial charge in [-0.25, -0.2) is 14.9 Å². The highest BCUT2D eigenvalue weighted by Gasteiger charge is 2.55. The Labute approximate surface area is 437 Å².